The predicted molar refractivity (Wildman–Crippen MR) is 83.5 cm³/mol. The van der Waals surface area contributed by atoms with Crippen LogP contribution in [0.15, 0.2) is 12.1 Å². The molecule has 0 N–H and O–H groups in total. The Morgan fingerprint density at radius 1 is 1.09 bits per heavy atom. The minimum absolute atomic E-state index is 0.0580. The normalized spacial score (nSPS) is 12.0. The Balaban J connectivity index is 3.70. The van der Waals surface area contributed by atoms with Crippen molar-refractivity contribution in [3.05, 3.63) is 33.4 Å². The number of nitrogens with zero attached hydrogens (tertiary/aromatic N) is 1. The number of carbonyl (C=O) groups is 1. The number of rotatable bonds is 2. The molecule has 1 rings (SSSR count). The first-order chi connectivity index (χ1) is 9.87. The van der Waals surface area contributed by atoms with Crippen LogP contribution in [0.1, 0.15) is 52.7 Å². The van der Waals surface area contributed by atoms with Crippen molar-refractivity contribution in [3.63, 3.8) is 0 Å². The molecule has 0 saturated carbocycles. The van der Waals surface area contributed by atoms with Crippen LogP contribution in [0.25, 0.3) is 0 Å². The van der Waals surface area contributed by atoms with E-state index in [2.05, 4.69) is 4.74 Å². The van der Waals surface area contributed by atoms with Gasteiger partial charge < -0.3 is 9.47 Å². The summed E-state index contributed by atoms with van der Waals surface area (Å²) in [5, 5.41) is 11.4. The maximum absolute atomic E-state index is 11.4. The van der Waals surface area contributed by atoms with Crippen LogP contribution >= 0.6 is 0 Å². The van der Waals surface area contributed by atoms with Gasteiger partial charge in [0.15, 0.2) is 0 Å². The lowest BCUT2D eigenvalue weighted by atomic mass is 9.79. The summed E-state index contributed by atoms with van der Waals surface area (Å²) < 4.78 is 9.55. The number of carbonyl (C=O) groups excluding carboxylic acids is 1. The summed E-state index contributed by atoms with van der Waals surface area (Å²) in [6.45, 7) is 11.6. The van der Waals surface area contributed by atoms with Gasteiger partial charge in [0.25, 0.3) is 0 Å². The van der Waals surface area contributed by atoms with E-state index in [4.69, 9.17) is 4.74 Å². The predicted octanol–water partition coefficient (Wildman–Crippen LogP) is 4.34. The molecule has 1 aromatic carbocycles. The number of benzene rings is 1. The van der Waals surface area contributed by atoms with Crippen molar-refractivity contribution in [2.75, 3.05) is 7.11 Å². The molecule has 6 heteroatoms. The number of ether oxygens (including phenoxy) is 2. The summed E-state index contributed by atoms with van der Waals surface area (Å²) in [5.74, 6) is -0.0580. The Labute approximate surface area is 130 Å². The van der Waals surface area contributed by atoms with E-state index in [-0.39, 0.29) is 16.9 Å². The van der Waals surface area contributed by atoms with Gasteiger partial charge in [-0.2, -0.15) is 0 Å². The van der Waals surface area contributed by atoms with Gasteiger partial charge in [-0.05, 0) is 16.4 Å². The molecule has 0 atom stereocenters. The minimum atomic E-state index is -0.975. The average molecular weight is 309 g/mol. The van der Waals surface area contributed by atoms with Crippen molar-refractivity contribution >= 4 is 11.8 Å². The third-order valence-corrected chi connectivity index (χ3v) is 3.29. The van der Waals surface area contributed by atoms with Crippen LogP contribution in [0.2, 0.25) is 0 Å². The van der Waals surface area contributed by atoms with Gasteiger partial charge in [-0.15, -0.1) is 0 Å². The molecule has 1 aromatic rings. The van der Waals surface area contributed by atoms with Crippen molar-refractivity contribution in [1.29, 1.82) is 0 Å². The van der Waals surface area contributed by atoms with Crippen molar-refractivity contribution < 1.29 is 19.2 Å². The zero-order chi connectivity index (χ0) is 17.3. The van der Waals surface area contributed by atoms with Gasteiger partial charge in [-0.25, -0.2) is 4.79 Å². The Hall–Kier alpha value is -2.11. The molecular formula is C16H23NO5. The van der Waals surface area contributed by atoms with E-state index in [9.17, 15) is 14.9 Å². The number of nitro groups is 1. The van der Waals surface area contributed by atoms with Crippen LogP contribution in [0, 0.1) is 10.1 Å². The molecule has 0 bridgehead atoms. The van der Waals surface area contributed by atoms with E-state index in [1.807, 2.05) is 47.6 Å². The smallest absolute Gasteiger partial charge is 0.437 e. The minimum Gasteiger partial charge on any atom is -0.437 e. The van der Waals surface area contributed by atoms with Crippen molar-refractivity contribution in [2.24, 2.45) is 0 Å². The monoisotopic (exact) mass is 309 g/mol. The molecule has 0 aliphatic rings. The summed E-state index contributed by atoms with van der Waals surface area (Å²) in [7, 11) is 1.16. The maximum atomic E-state index is 11.4. The van der Waals surface area contributed by atoms with E-state index < -0.39 is 16.5 Å². The molecule has 122 valence electrons. The molecular weight excluding hydrogens is 286 g/mol. The second-order valence-electron chi connectivity index (χ2n) is 7.19. The van der Waals surface area contributed by atoms with Crippen LogP contribution in [0.4, 0.5) is 10.5 Å². The first kappa shape index (κ1) is 17.9. The van der Waals surface area contributed by atoms with Gasteiger partial charge in [0, 0.05) is 11.6 Å². The van der Waals surface area contributed by atoms with Gasteiger partial charge in [-0.1, -0.05) is 47.6 Å². The molecule has 6 nitrogen and oxygen atoms in total. The van der Waals surface area contributed by atoms with Gasteiger partial charge in [-0.3, -0.25) is 10.1 Å². The molecule has 0 spiro atoms. The highest BCUT2D eigenvalue weighted by Crippen LogP contribution is 2.42. The van der Waals surface area contributed by atoms with Gasteiger partial charge in [0.1, 0.15) is 0 Å². The molecule has 0 aliphatic carbocycles. The highest BCUT2D eigenvalue weighted by Gasteiger charge is 2.32. The summed E-state index contributed by atoms with van der Waals surface area (Å²) in [6, 6.07) is 3.30. The molecule has 0 aromatic heterocycles. The molecule has 0 fully saturated rings. The number of hydrogen-bond donors (Lipinski definition) is 0. The Morgan fingerprint density at radius 3 is 2.00 bits per heavy atom. The molecule has 0 amide bonds. The number of nitro benzene ring substituents is 1. The standard InChI is InChI=1S/C16H23NO5/c1-15(2,3)10-8-11(16(4,5)6)13(22-14(18)21-7)12(9-10)17(19)20/h8-9H,1-7H3. The largest absolute Gasteiger partial charge is 0.513 e. The van der Waals surface area contributed by atoms with E-state index in [0.717, 1.165) is 12.7 Å². The van der Waals surface area contributed by atoms with Crippen LogP contribution in [0.5, 0.6) is 5.75 Å². The zero-order valence-corrected chi connectivity index (χ0v) is 14.1. The molecule has 0 aliphatic heterocycles. The van der Waals surface area contributed by atoms with Crippen LogP contribution in [-0.2, 0) is 15.6 Å². The second kappa shape index (κ2) is 5.94. The van der Waals surface area contributed by atoms with Crippen LogP contribution in [0.3, 0.4) is 0 Å². The van der Waals surface area contributed by atoms with Crippen molar-refractivity contribution in [1.82, 2.24) is 0 Å². The second-order valence-corrected chi connectivity index (χ2v) is 7.19. The summed E-state index contributed by atoms with van der Waals surface area (Å²) in [6.07, 6.45) is -0.975. The highest BCUT2D eigenvalue weighted by atomic mass is 16.7. The fourth-order valence-corrected chi connectivity index (χ4v) is 1.97. The Morgan fingerprint density at radius 2 is 1.64 bits per heavy atom. The lowest BCUT2D eigenvalue weighted by Crippen LogP contribution is -2.20. The topological polar surface area (TPSA) is 78.7 Å². The molecule has 0 unspecified atom stereocenters. The number of hydrogen-bond acceptors (Lipinski definition) is 5. The maximum Gasteiger partial charge on any atom is 0.513 e. The van der Waals surface area contributed by atoms with E-state index in [1.165, 1.54) is 6.07 Å². The first-order valence-electron chi connectivity index (χ1n) is 6.97. The SMILES string of the molecule is COC(=O)Oc1c([N+](=O)[O-])cc(C(C)(C)C)cc1C(C)(C)C. The molecule has 0 saturated heterocycles. The van der Waals surface area contributed by atoms with E-state index in [1.54, 1.807) is 0 Å². The van der Waals surface area contributed by atoms with Crippen molar-refractivity contribution in [3.8, 4) is 5.75 Å². The first-order valence-corrected chi connectivity index (χ1v) is 6.97. The highest BCUT2D eigenvalue weighted by molar-refractivity contribution is 5.69. The fourth-order valence-electron chi connectivity index (χ4n) is 1.97. The molecule has 22 heavy (non-hydrogen) atoms. The van der Waals surface area contributed by atoms with Gasteiger partial charge >= 0.3 is 11.8 Å². The van der Waals surface area contributed by atoms with Crippen LogP contribution in [-0.4, -0.2) is 18.2 Å². The van der Waals surface area contributed by atoms with Crippen molar-refractivity contribution in [2.45, 2.75) is 52.4 Å². The lowest BCUT2D eigenvalue weighted by Gasteiger charge is -2.26. The molecule has 0 radical (unpaired) electrons. The van der Waals surface area contributed by atoms with E-state index >= 15 is 0 Å². The lowest BCUT2D eigenvalue weighted by molar-refractivity contribution is -0.385. The van der Waals surface area contributed by atoms with E-state index in [0.29, 0.717) is 5.56 Å². The Kier molecular flexibility index (Phi) is 4.85. The summed E-state index contributed by atoms with van der Waals surface area (Å²) >= 11 is 0. The summed E-state index contributed by atoms with van der Waals surface area (Å²) in [4.78, 5) is 22.3. The average Bonchev–Trinajstić information content (AvgIpc) is 2.35. The molecule has 0 heterocycles. The van der Waals surface area contributed by atoms with Gasteiger partial charge in [0.2, 0.25) is 5.75 Å². The summed E-state index contributed by atoms with van der Waals surface area (Å²) in [5.41, 5.74) is 0.463. The van der Waals surface area contributed by atoms with Gasteiger partial charge in [0.05, 0.1) is 12.0 Å². The quantitative estimate of drug-likeness (QED) is 0.351. The fraction of sp³-hybridized carbons (Fsp3) is 0.562. The third-order valence-electron chi connectivity index (χ3n) is 3.29. The van der Waals surface area contributed by atoms with Crippen LogP contribution < -0.4 is 4.74 Å². The Bertz CT molecular complexity index is 594. The number of methoxy groups -OCH3 is 1. The third kappa shape index (κ3) is 3.96. The zero-order valence-electron chi connectivity index (χ0n) is 14.1.